The Hall–Kier alpha value is -3.48. The van der Waals surface area contributed by atoms with E-state index in [1.165, 1.54) is 12.7 Å². The van der Waals surface area contributed by atoms with E-state index >= 15 is 0 Å². The monoisotopic (exact) mass is 305 g/mol. The number of fused-ring (bicyclic) bond motifs is 2. The molecule has 4 aromatic rings. The van der Waals surface area contributed by atoms with E-state index in [1.54, 1.807) is 36.4 Å². The van der Waals surface area contributed by atoms with Crippen molar-refractivity contribution in [3.8, 4) is 0 Å². The van der Waals surface area contributed by atoms with Gasteiger partial charge in [0.15, 0.2) is 0 Å². The molecule has 7 heteroatoms. The van der Waals surface area contributed by atoms with Gasteiger partial charge in [-0.1, -0.05) is 24.3 Å². The summed E-state index contributed by atoms with van der Waals surface area (Å²) < 4.78 is 2.31. The topological polar surface area (TPSA) is 81.8 Å². The predicted octanol–water partition coefficient (Wildman–Crippen LogP) is 1.11. The van der Waals surface area contributed by atoms with Crippen molar-refractivity contribution in [2.24, 2.45) is 0 Å². The Morgan fingerprint density at radius 3 is 1.61 bits per heavy atom. The summed E-state index contributed by atoms with van der Waals surface area (Å²) in [5.41, 5.74) is 3.31. The Bertz CT molecular complexity index is 1050. The van der Waals surface area contributed by atoms with Crippen LogP contribution in [0.3, 0.4) is 0 Å². The third kappa shape index (κ3) is 2.15. The third-order valence-corrected chi connectivity index (χ3v) is 3.55. The maximum absolute atomic E-state index is 12.4. The van der Waals surface area contributed by atoms with Crippen molar-refractivity contribution in [2.45, 2.75) is 0 Å². The fraction of sp³-hybridized carbons (Fsp3) is 0. The van der Waals surface area contributed by atoms with E-state index in [0.29, 0.717) is 21.8 Å². The van der Waals surface area contributed by atoms with E-state index in [4.69, 9.17) is 0 Å². The van der Waals surface area contributed by atoms with E-state index in [9.17, 15) is 9.59 Å². The Morgan fingerprint density at radius 1 is 0.696 bits per heavy atom. The molecule has 2 aromatic carbocycles. The van der Waals surface area contributed by atoms with Gasteiger partial charge in [0.2, 0.25) is 0 Å². The molecular formula is C16H11N5O2. The SMILES string of the molecule is O=c1c2ccccc2ncn1Nn1cnc2ccccc2c1=O. The Balaban J connectivity index is 1.85. The highest BCUT2D eigenvalue weighted by Gasteiger charge is 2.06. The number of nitrogens with one attached hydrogen (secondary N) is 1. The predicted molar refractivity (Wildman–Crippen MR) is 86.8 cm³/mol. The minimum atomic E-state index is -0.296. The quantitative estimate of drug-likeness (QED) is 0.600. The lowest BCUT2D eigenvalue weighted by Gasteiger charge is -2.11. The van der Waals surface area contributed by atoms with E-state index in [0.717, 1.165) is 9.35 Å². The lowest BCUT2D eigenvalue weighted by atomic mass is 10.2. The summed E-state index contributed by atoms with van der Waals surface area (Å²) in [6, 6.07) is 14.0. The lowest BCUT2D eigenvalue weighted by Crippen LogP contribution is -2.38. The number of aromatic nitrogens is 4. The molecule has 0 saturated carbocycles. The summed E-state index contributed by atoms with van der Waals surface area (Å²) in [7, 11) is 0. The van der Waals surface area contributed by atoms with Crippen molar-refractivity contribution >= 4 is 21.8 Å². The minimum absolute atomic E-state index is 0.296. The van der Waals surface area contributed by atoms with Crippen LogP contribution in [0.1, 0.15) is 0 Å². The Labute approximate surface area is 129 Å². The molecule has 0 aliphatic rings. The second-order valence-corrected chi connectivity index (χ2v) is 4.97. The van der Waals surface area contributed by atoms with Crippen molar-refractivity contribution in [3.63, 3.8) is 0 Å². The van der Waals surface area contributed by atoms with Gasteiger partial charge in [0, 0.05) is 0 Å². The maximum atomic E-state index is 12.4. The second kappa shape index (κ2) is 5.06. The van der Waals surface area contributed by atoms with E-state index in [1.807, 2.05) is 12.1 Å². The Kier molecular flexibility index (Phi) is 2.90. The molecule has 4 rings (SSSR count). The van der Waals surface area contributed by atoms with E-state index < -0.39 is 0 Å². The molecule has 0 radical (unpaired) electrons. The fourth-order valence-corrected chi connectivity index (χ4v) is 2.40. The first-order valence-corrected chi connectivity index (χ1v) is 6.94. The first kappa shape index (κ1) is 13.2. The highest BCUT2D eigenvalue weighted by atomic mass is 16.2. The molecule has 0 saturated heterocycles. The summed E-state index contributed by atoms with van der Waals surface area (Å²) >= 11 is 0. The van der Waals surface area contributed by atoms with Crippen LogP contribution in [0.15, 0.2) is 70.8 Å². The first-order chi connectivity index (χ1) is 11.2. The highest BCUT2D eigenvalue weighted by molar-refractivity contribution is 5.77. The third-order valence-electron chi connectivity index (χ3n) is 3.55. The first-order valence-electron chi connectivity index (χ1n) is 6.94. The molecule has 2 heterocycles. The molecule has 7 nitrogen and oxygen atoms in total. The summed E-state index contributed by atoms with van der Waals surface area (Å²) in [5, 5.41) is 0.925. The van der Waals surface area contributed by atoms with Crippen LogP contribution in [0.2, 0.25) is 0 Å². The molecule has 0 bridgehead atoms. The van der Waals surface area contributed by atoms with Gasteiger partial charge >= 0.3 is 0 Å². The van der Waals surface area contributed by atoms with Crippen molar-refractivity contribution < 1.29 is 0 Å². The number of benzene rings is 2. The van der Waals surface area contributed by atoms with Crippen molar-refractivity contribution in [1.82, 2.24) is 19.3 Å². The van der Waals surface area contributed by atoms with E-state index in [-0.39, 0.29) is 11.1 Å². The maximum Gasteiger partial charge on any atom is 0.281 e. The van der Waals surface area contributed by atoms with E-state index in [2.05, 4.69) is 15.5 Å². The summed E-state index contributed by atoms with van der Waals surface area (Å²) in [6.07, 6.45) is 2.68. The average molecular weight is 305 g/mol. The molecule has 0 amide bonds. The van der Waals surface area contributed by atoms with Gasteiger partial charge in [-0.25, -0.2) is 15.5 Å². The van der Waals surface area contributed by atoms with Crippen molar-refractivity contribution in [3.05, 3.63) is 81.9 Å². The Morgan fingerprint density at radius 2 is 1.13 bits per heavy atom. The van der Waals surface area contributed by atoms with Crippen LogP contribution >= 0.6 is 0 Å². The van der Waals surface area contributed by atoms with Crippen molar-refractivity contribution in [2.75, 3.05) is 5.53 Å². The summed E-state index contributed by atoms with van der Waals surface area (Å²) in [5.74, 6) is 0. The van der Waals surface area contributed by atoms with Crippen LogP contribution in [0.25, 0.3) is 21.8 Å². The molecule has 0 aliphatic carbocycles. The van der Waals surface area contributed by atoms with Gasteiger partial charge in [0.25, 0.3) is 11.1 Å². The van der Waals surface area contributed by atoms with Crippen LogP contribution in [0.5, 0.6) is 0 Å². The molecule has 0 aliphatic heterocycles. The zero-order valence-electron chi connectivity index (χ0n) is 11.9. The number of rotatable bonds is 2. The number of para-hydroxylation sites is 2. The van der Waals surface area contributed by atoms with Gasteiger partial charge in [0.1, 0.15) is 12.7 Å². The number of hydrogen-bond acceptors (Lipinski definition) is 5. The molecule has 23 heavy (non-hydrogen) atoms. The van der Waals surface area contributed by atoms with Gasteiger partial charge in [-0.3, -0.25) is 9.59 Å². The largest absolute Gasteiger partial charge is 0.281 e. The highest BCUT2D eigenvalue weighted by Crippen LogP contribution is 2.05. The minimum Gasteiger partial charge on any atom is -0.267 e. The van der Waals surface area contributed by atoms with Crippen LogP contribution in [-0.4, -0.2) is 19.3 Å². The van der Waals surface area contributed by atoms with Crippen molar-refractivity contribution in [1.29, 1.82) is 0 Å². The van der Waals surface area contributed by atoms with Crippen LogP contribution in [0.4, 0.5) is 0 Å². The standard InChI is InChI=1S/C16H11N5O2/c22-15-11-5-1-3-7-13(11)17-9-20(15)19-21-10-18-14-8-4-2-6-12(14)16(21)23/h1-10,19H. The molecule has 1 N–H and O–H groups in total. The number of nitrogens with zero attached hydrogens (tertiary/aromatic N) is 4. The summed E-state index contributed by atoms with van der Waals surface area (Å²) in [4.78, 5) is 33.3. The molecule has 0 unspecified atom stereocenters. The van der Waals surface area contributed by atoms with Gasteiger partial charge in [-0.15, -0.1) is 0 Å². The molecular weight excluding hydrogens is 294 g/mol. The second-order valence-electron chi connectivity index (χ2n) is 4.97. The van der Waals surface area contributed by atoms with Gasteiger partial charge in [-0.2, -0.15) is 9.35 Å². The van der Waals surface area contributed by atoms with Gasteiger partial charge < -0.3 is 0 Å². The zero-order valence-corrected chi connectivity index (χ0v) is 11.9. The van der Waals surface area contributed by atoms with Crippen LogP contribution in [-0.2, 0) is 0 Å². The average Bonchev–Trinajstić information content (AvgIpc) is 2.60. The molecule has 0 atom stereocenters. The smallest absolute Gasteiger partial charge is 0.267 e. The molecule has 112 valence electrons. The van der Waals surface area contributed by atoms with Gasteiger partial charge in [0.05, 0.1) is 21.8 Å². The molecule has 0 spiro atoms. The van der Waals surface area contributed by atoms with Crippen LogP contribution < -0.4 is 16.7 Å². The van der Waals surface area contributed by atoms with Crippen LogP contribution in [0, 0.1) is 0 Å². The van der Waals surface area contributed by atoms with Gasteiger partial charge in [-0.05, 0) is 24.3 Å². The lowest BCUT2D eigenvalue weighted by molar-refractivity contribution is 0.690. The zero-order chi connectivity index (χ0) is 15.8. The summed E-state index contributed by atoms with van der Waals surface area (Å²) in [6.45, 7) is 0. The normalized spacial score (nSPS) is 11.0. The number of hydrogen-bond donors (Lipinski definition) is 1. The molecule has 0 fully saturated rings. The fourth-order valence-electron chi connectivity index (χ4n) is 2.40. The molecule has 2 aromatic heterocycles.